The third-order valence-electron chi connectivity index (χ3n) is 2.83. The molecule has 3 nitrogen and oxygen atoms in total. The number of hydrogen-bond donors (Lipinski definition) is 1. The highest BCUT2D eigenvalue weighted by Crippen LogP contribution is 2.25. The molecule has 2 rings (SSSR count). The summed E-state index contributed by atoms with van der Waals surface area (Å²) in [5.41, 5.74) is 2.33. The van der Waals surface area contributed by atoms with E-state index >= 15 is 0 Å². The van der Waals surface area contributed by atoms with Crippen LogP contribution in [0.3, 0.4) is 0 Å². The monoisotopic (exact) mass is 249 g/mol. The Bertz CT molecular complexity index is 493. The third-order valence-corrected chi connectivity index (χ3v) is 3.17. The molecular weight excluding hydrogens is 234 g/mol. The van der Waals surface area contributed by atoms with E-state index in [2.05, 4.69) is 16.5 Å². The van der Waals surface area contributed by atoms with Gasteiger partial charge < -0.3 is 5.32 Å². The Morgan fingerprint density at radius 1 is 1.41 bits per heavy atom. The third kappa shape index (κ3) is 2.87. The first-order chi connectivity index (χ1) is 8.20. The van der Waals surface area contributed by atoms with Crippen molar-refractivity contribution in [1.29, 1.82) is 0 Å². The molecule has 1 heterocycles. The first-order valence-electron chi connectivity index (χ1n) is 5.60. The fourth-order valence-corrected chi connectivity index (χ4v) is 2.21. The van der Waals surface area contributed by atoms with Gasteiger partial charge in [-0.1, -0.05) is 29.8 Å². The van der Waals surface area contributed by atoms with Crippen LogP contribution in [0.4, 0.5) is 0 Å². The van der Waals surface area contributed by atoms with E-state index in [-0.39, 0.29) is 6.04 Å². The summed E-state index contributed by atoms with van der Waals surface area (Å²) in [6.07, 6.45) is 4.80. The molecule has 1 N–H and O–H groups in total. The Kier molecular flexibility index (Phi) is 3.82. The molecule has 0 aliphatic rings. The molecule has 2 aromatic rings. The summed E-state index contributed by atoms with van der Waals surface area (Å²) >= 11 is 6.21. The summed E-state index contributed by atoms with van der Waals surface area (Å²) in [4.78, 5) is 0. The second-order valence-corrected chi connectivity index (χ2v) is 4.50. The number of benzene rings is 1. The van der Waals surface area contributed by atoms with Crippen LogP contribution in [-0.2, 0) is 13.5 Å². The molecule has 0 aliphatic carbocycles. The van der Waals surface area contributed by atoms with Crippen molar-refractivity contribution in [2.75, 3.05) is 7.05 Å². The van der Waals surface area contributed by atoms with Crippen LogP contribution in [-0.4, -0.2) is 16.8 Å². The normalized spacial score (nSPS) is 12.6. The van der Waals surface area contributed by atoms with E-state index in [1.807, 2.05) is 49.4 Å². The molecular formula is C13H16ClN3. The topological polar surface area (TPSA) is 29.9 Å². The number of hydrogen-bond acceptors (Lipinski definition) is 2. The van der Waals surface area contributed by atoms with Crippen molar-refractivity contribution in [3.63, 3.8) is 0 Å². The minimum absolute atomic E-state index is 0.216. The van der Waals surface area contributed by atoms with Crippen molar-refractivity contribution < 1.29 is 0 Å². The van der Waals surface area contributed by atoms with Gasteiger partial charge in [0.25, 0.3) is 0 Å². The van der Waals surface area contributed by atoms with E-state index in [9.17, 15) is 0 Å². The smallest absolute Gasteiger partial charge is 0.0522 e. The first kappa shape index (κ1) is 12.1. The standard InChI is InChI=1S/C13H16ClN3/c1-15-13(7-10-8-16-17(2)9-10)11-5-3-4-6-12(11)14/h3-6,8-9,13,15H,7H2,1-2H3. The molecule has 4 heteroatoms. The Morgan fingerprint density at radius 2 is 2.18 bits per heavy atom. The quantitative estimate of drug-likeness (QED) is 0.903. The van der Waals surface area contributed by atoms with Crippen LogP contribution < -0.4 is 5.32 Å². The number of rotatable bonds is 4. The van der Waals surface area contributed by atoms with Crippen LogP contribution in [0, 0.1) is 0 Å². The van der Waals surface area contributed by atoms with Crippen molar-refractivity contribution >= 4 is 11.6 Å². The van der Waals surface area contributed by atoms with Crippen LogP contribution in [0.1, 0.15) is 17.2 Å². The van der Waals surface area contributed by atoms with E-state index in [0.29, 0.717) is 0 Å². The molecule has 0 saturated heterocycles. The number of nitrogens with one attached hydrogen (secondary N) is 1. The number of halogens is 1. The van der Waals surface area contributed by atoms with Gasteiger partial charge >= 0.3 is 0 Å². The maximum Gasteiger partial charge on any atom is 0.0522 e. The summed E-state index contributed by atoms with van der Waals surface area (Å²) in [6, 6.07) is 8.15. The van der Waals surface area contributed by atoms with Gasteiger partial charge in [-0.25, -0.2) is 0 Å². The minimum Gasteiger partial charge on any atom is -0.313 e. The summed E-state index contributed by atoms with van der Waals surface area (Å²) in [5, 5.41) is 8.27. The molecule has 0 amide bonds. The highest BCUT2D eigenvalue weighted by atomic mass is 35.5. The summed E-state index contributed by atoms with van der Waals surface area (Å²) < 4.78 is 1.81. The van der Waals surface area contributed by atoms with Gasteiger partial charge in [-0.3, -0.25) is 4.68 Å². The Balaban J connectivity index is 2.20. The maximum absolute atomic E-state index is 6.21. The van der Waals surface area contributed by atoms with Crippen molar-refractivity contribution in [1.82, 2.24) is 15.1 Å². The zero-order valence-corrected chi connectivity index (χ0v) is 10.8. The fraction of sp³-hybridized carbons (Fsp3) is 0.308. The summed E-state index contributed by atoms with van der Waals surface area (Å²) in [6.45, 7) is 0. The number of nitrogens with zero attached hydrogens (tertiary/aromatic N) is 2. The lowest BCUT2D eigenvalue weighted by Gasteiger charge is -2.17. The number of likely N-dealkylation sites (N-methyl/N-ethyl adjacent to an activating group) is 1. The molecule has 0 bridgehead atoms. The number of aryl methyl sites for hydroxylation is 1. The van der Waals surface area contributed by atoms with Crippen molar-refractivity contribution in [3.8, 4) is 0 Å². The van der Waals surface area contributed by atoms with E-state index < -0.39 is 0 Å². The van der Waals surface area contributed by atoms with E-state index in [1.165, 1.54) is 5.56 Å². The molecule has 0 spiro atoms. The highest BCUT2D eigenvalue weighted by Gasteiger charge is 2.13. The van der Waals surface area contributed by atoms with Crippen molar-refractivity contribution in [2.45, 2.75) is 12.5 Å². The van der Waals surface area contributed by atoms with Crippen molar-refractivity contribution in [3.05, 3.63) is 52.8 Å². The molecule has 1 aromatic carbocycles. The molecule has 90 valence electrons. The van der Waals surface area contributed by atoms with Crippen LogP contribution in [0.25, 0.3) is 0 Å². The zero-order valence-electron chi connectivity index (χ0n) is 10.0. The van der Waals surface area contributed by atoms with E-state index in [1.54, 1.807) is 0 Å². The van der Waals surface area contributed by atoms with Gasteiger partial charge in [0.1, 0.15) is 0 Å². The molecule has 1 aromatic heterocycles. The average Bonchev–Trinajstić information content (AvgIpc) is 2.73. The maximum atomic E-state index is 6.21. The number of aromatic nitrogens is 2. The SMILES string of the molecule is CNC(Cc1cnn(C)c1)c1ccccc1Cl. The van der Waals surface area contributed by atoms with E-state index in [0.717, 1.165) is 17.0 Å². The predicted molar refractivity (Wildman–Crippen MR) is 70.2 cm³/mol. The Labute approximate surface area is 106 Å². The predicted octanol–water partition coefficient (Wildman–Crippen LogP) is 2.58. The lowest BCUT2D eigenvalue weighted by atomic mass is 10.0. The summed E-state index contributed by atoms with van der Waals surface area (Å²) in [5.74, 6) is 0. The largest absolute Gasteiger partial charge is 0.313 e. The van der Waals surface area contributed by atoms with Crippen LogP contribution in [0.5, 0.6) is 0 Å². The average molecular weight is 250 g/mol. The molecule has 1 unspecified atom stereocenters. The molecule has 0 fully saturated rings. The lowest BCUT2D eigenvalue weighted by molar-refractivity contribution is 0.592. The highest BCUT2D eigenvalue weighted by molar-refractivity contribution is 6.31. The molecule has 0 aliphatic heterocycles. The molecule has 1 atom stereocenters. The van der Waals surface area contributed by atoms with Gasteiger partial charge in [-0.2, -0.15) is 5.10 Å². The van der Waals surface area contributed by atoms with Crippen molar-refractivity contribution in [2.24, 2.45) is 7.05 Å². The Hall–Kier alpha value is -1.32. The Morgan fingerprint density at radius 3 is 2.76 bits per heavy atom. The lowest BCUT2D eigenvalue weighted by Crippen LogP contribution is -2.19. The minimum atomic E-state index is 0.216. The van der Waals surface area contributed by atoms with E-state index in [4.69, 9.17) is 11.6 Å². The first-order valence-corrected chi connectivity index (χ1v) is 5.97. The van der Waals surface area contributed by atoms with Gasteiger partial charge in [-0.05, 0) is 30.7 Å². The van der Waals surface area contributed by atoms with Gasteiger partial charge in [-0.15, -0.1) is 0 Å². The molecule has 0 radical (unpaired) electrons. The van der Waals surface area contributed by atoms with Crippen LogP contribution >= 0.6 is 11.6 Å². The summed E-state index contributed by atoms with van der Waals surface area (Å²) in [7, 11) is 3.87. The zero-order chi connectivity index (χ0) is 12.3. The molecule has 17 heavy (non-hydrogen) atoms. The van der Waals surface area contributed by atoms with Crippen LogP contribution in [0.15, 0.2) is 36.7 Å². The van der Waals surface area contributed by atoms with Gasteiger partial charge in [0.2, 0.25) is 0 Å². The fourth-order valence-electron chi connectivity index (χ4n) is 1.94. The van der Waals surface area contributed by atoms with Gasteiger partial charge in [0.05, 0.1) is 6.20 Å². The van der Waals surface area contributed by atoms with Crippen LogP contribution in [0.2, 0.25) is 5.02 Å². The second-order valence-electron chi connectivity index (χ2n) is 4.09. The van der Waals surface area contributed by atoms with Gasteiger partial charge in [0, 0.05) is 24.3 Å². The molecule has 0 saturated carbocycles. The van der Waals surface area contributed by atoms with Gasteiger partial charge in [0.15, 0.2) is 0 Å². The second kappa shape index (κ2) is 5.34.